The summed E-state index contributed by atoms with van der Waals surface area (Å²) in [5.74, 6) is 0. The Bertz CT molecular complexity index is 336. The van der Waals surface area contributed by atoms with Gasteiger partial charge in [-0.15, -0.1) is 0 Å². The van der Waals surface area contributed by atoms with Gasteiger partial charge in [0.2, 0.25) is 0 Å². The van der Waals surface area contributed by atoms with Crippen molar-refractivity contribution in [2.24, 2.45) is 0 Å². The lowest BCUT2D eigenvalue weighted by atomic mass is 10.1. The summed E-state index contributed by atoms with van der Waals surface area (Å²) in [6.07, 6.45) is 6.62. The molecule has 0 aromatic carbocycles. The molecule has 0 fully saturated rings. The van der Waals surface area contributed by atoms with Gasteiger partial charge >= 0.3 is 10.1 Å². The van der Waals surface area contributed by atoms with Crippen molar-refractivity contribution in [1.82, 2.24) is 0 Å². The Hall–Kier alpha value is -0.300. The second-order valence-corrected chi connectivity index (χ2v) is 6.88. The predicted octanol–water partition coefficient (Wildman–Crippen LogP) is 4.77. The summed E-state index contributed by atoms with van der Waals surface area (Å²) < 4.78 is 67.0. The Labute approximate surface area is 126 Å². The van der Waals surface area contributed by atoms with Gasteiger partial charge in [0.25, 0.3) is 5.50 Å². The molecule has 0 spiro atoms. The van der Waals surface area contributed by atoms with Crippen molar-refractivity contribution in [3.05, 3.63) is 0 Å². The molecule has 0 aromatic heterocycles. The zero-order valence-electron chi connectivity index (χ0n) is 12.4. The smallest absolute Gasteiger partial charge is 0.283 e. The van der Waals surface area contributed by atoms with Crippen molar-refractivity contribution in [2.45, 2.75) is 82.3 Å². The number of unbranched alkanes of at least 4 members (excludes halogenated alkanes) is 9. The normalized spacial score (nSPS) is 15.0. The molecule has 0 radical (unpaired) electrons. The molecule has 0 aliphatic carbocycles. The molecule has 0 rings (SSSR count). The van der Waals surface area contributed by atoms with E-state index in [-0.39, 0.29) is 13.1 Å². The van der Waals surface area contributed by atoms with Crippen LogP contribution in [-0.2, 0) is 10.1 Å². The van der Waals surface area contributed by atoms with Gasteiger partial charge in [0.15, 0.2) is 0 Å². The number of alkyl halides is 3. The molecule has 0 heterocycles. The SMILES string of the molecule is O=S(=O)(O)C(F)C(F)CCCCCCCCCCCCF. The van der Waals surface area contributed by atoms with E-state index in [0.29, 0.717) is 12.8 Å². The molecule has 2 unspecified atom stereocenters. The van der Waals surface area contributed by atoms with Crippen LogP contribution in [0.2, 0.25) is 0 Å². The minimum absolute atomic E-state index is 0.190. The van der Waals surface area contributed by atoms with Gasteiger partial charge in [-0.2, -0.15) is 8.42 Å². The van der Waals surface area contributed by atoms with Gasteiger partial charge in [-0.3, -0.25) is 8.94 Å². The Balaban J connectivity index is 3.36. The van der Waals surface area contributed by atoms with Crippen LogP contribution in [0.15, 0.2) is 0 Å². The fraction of sp³-hybridized carbons (Fsp3) is 1.00. The molecule has 0 saturated carbocycles. The van der Waals surface area contributed by atoms with Crippen molar-refractivity contribution >= 4 is 10.1 Å². The molecule has 0 amide bonds. The first-order valence-corrected chi connectivity index (χ1v) is 9.20. The minimum atomic E-state index is -4.93. The van der Waals surface area contributed by atoms with Gasteiger partial charge in [-0.05, 0) is 12.8 Å². The minimum Gasteiger partial charge on any atom is -0.283 e. The first-order chi connectivity index (χ1) is 9.89. The second-order valence-electron chi connectivity index (χ2n) is 5.40. The third-order valence-corrected chi connectivity index (χ3v) is 4.30. The third-order valence-electron chi connectivity index (χ3n) is 3.43. The molecule has 0 aliphatic rings. The number of hydrogen-bond acceptors (Lipinski definition) is 2. The molecular formula is C14H27F3O3S. The third kappa shape index (κ3) is 12.0. The molecule has 2 atom stereocenters. The average molecular weight is 332 g/mol. The molecule has 128 valence electrons. The van der Waals surface area contributed by atoms with Crippen LogP contribution >= 0.6 is 0 Å². The van der Waals surface area contributed by atoms with Gasteiger partial charge in [0.05, 0.1) is 6.67 Å². The van der Waals surface area contributed by atoms with Gasteiger partial charge in [-0.25, -0.2) is 8.78 Å². The molecule has 3 nitrogen and oxygen atoms in total. The maximum atomic E-state index is 13.1. The van der Waals surface area contributed by atoms with Crippen LogP contribution in [0.3, 0.4) is 0 Å². The first kappa shape index (κ1) is 20.7. The topological polar surface area (TPSA) is 54.4 Å². The first-order valence-electron chi connectivity index (χ1n) is 7.70. The van der Waals surface area contributed by atoms with Gasteiger partial charge in [0.1, 0.15) is 6.17 Å². The van der Waals surface area contributed by atoms with Crippen molar-refractivity contribution in [3.63, 3.8) is 0 Å². The summed E-state index contributed by atoms with van der Waals surface area (Å²) >= 11 is 0. The zero-order valence-corrected chi connectivity index (χ0v) is 13.3. The van der Waals surface area contributed by atoms with E-state index in [2.05, 4.69) is 0 Å². The van der Waals surface area contributed by atoms with E-state index >= 15 is 0 Å². The number of halogens is 3. The van der Waals surface area contributed by atoms with Gasteiger partial charge < -0.3 is 0 Å². The van der Waals surface area contributed by atoms with Crippen molar-refractivity contribution in [1.29, 1.82) is 0 Å². The van der Waals surface area contributed by atoms with Crippen LogP contribution in [-0.4, -0.2) is 31.3 Å². The molecule has 7 heteroatoms. The largest absolute Gasteiger partial charge is 0.300 e. The van der Waals surface area contributed by atoms with E-state index in [4.69, 9.17) is 4.55 Å². The lowest BCUT2D eigenvalue weighted by molar-refractivity contribution is 0.200. The van der Waals surface area contributed by atoms with Crippen molar-refractivity contribution < 1.29 is 26.1 Å². The molecule has 0 aromatic rings. The molecule has 0 saturated heterocycles. The maximum Gasteiger partial charge on any atom is 0.300 e. The highest BCUT2D eigenvalue weighted by atomic mass is 32.2. The fourth-order valence-corrected chi connectivity index (χ4v) is 2.67. The summed E-state index contributed by atoms with van der Waals surface area (Å²) in [5.41, 5.74) is -2.83. The Kier molecular flexibility index (Phi) is 12.1. The highest BCUT2D eigenvalue weighted by molar-refractivity contribution is 7.86. The second kappa shape index (κ2) is 12.3. The quantitative estimate of drug-likeness (QED) is 0.368. The lowest BCUT2D eigenvalue weighted by Gasteiger charge is -2.10. The summed E-state index contributed by atoms with van der Waals surface area (Å²) in [6, 6.07) is 0. The average Bonchev–Trinajstić information content (AvgIpc) is 2.42. The molecule has 0 aliphatic heterocycles. The maximum absolute atomic E-state index is 13.1. The fourth-order valence-electron chi connectivity index (χ4n) is 2.17. The molecular weight excluding hydrogens is 305 g/mol. The van der Waals surface area contributed by atoms with Gasteiger partial charge in [-0.1, -0.05) is 57.8 Å². The zero-order chi connectivity index (χ0) is 16.1. The number of rotatable bonds is 14. The van der Waals surface area contributed by atoms with Crippen LogP contribution in [0.5, 0.6) is 0 Å². The Morgan fingerprint density at radius 3 is 1.52 bits per heavy atom. The molecule has 1 N–H and O–H groups in total. The van der Waals surface area contributed by atoms with Crippen molar-refractivity contribution in [2.75, 3.05) is 6.67 Å². The Morgan fingerprint density at radius 2 is 1.14 bits per heavy atom. The standard InChI is InChI=1S/C14H27F3O3S/c15-12-10-8-6-4-2-1-3-5-7-9-11-13(16)14(17)21(18,19)20/h13-14H,1-12H2,(H,18,19,20). The van der Waals surface area contributed by atoms with E-state index < -0.39 is 21.8 Å². The predicted molar refractivity (Wildman–Crippen MR) is 78.1 cm³/mol. The van der Waals surface area contributed by atoms with E-state index in [1.165, 1.54) is 0 Å². The highest BCUT2D eigenvalue weighted by Gasteiger charge is 2.31. The summed E-state index contributed by atoms with van der Waals surface area (Å²) in [6.45, 7) is -0.243. The van der Waals surface area contributed by atoms with Crippen molar-refractivity contribution in [3.8, 4) is 0 Å². The van der Waals surface area contributed by atoms with E-state index in [1.54, 1.807) is 0 Å². The van der Waals surface area contributed by atoms with E-state index in [9.17, 15) is 21.6 Å². The summed E-state index contributed by atoms with van der Waals surface area (Å²) in [4.78, 5) is 0. The van der Waals surface area contributed by atoms with Crippen LogP contribution in [0.4, 0.5) is 13.2 Å². The summed E-state index contributed by atoms with van der Waals surface area (Å²) in [5, 5.41) is 0. The molecule has 21 heavy (non-hydrogen) atoms. The van der Waals surface area contributed by atoms with Crippen LogP contribution in [0.1, 0.15) is 70.6 Å². The highest BCUT2D eigenvalue weighted by Crippen LogP contribution is 2.18. The number of hydrogen-bond donors (Lipinski definition) is 1. The Morgan fingerprint density at radius 1 is 0.762 bits per heavy atom. The van der Waals surface area contributed by atoms with E-state index in [0.717, 1.165) is 51.4 Å². The van der Waals surface area contributed by atoms with Crippen LogP contribution in [0.25, 0.3) is 0 Å². The van der Waals surface area contributed by atoms with E-state index in [1.807, 2.05) is 0 Å². The van der Waals surface area contributed by atoms with Crippen LogP contribution < -0.4 is 0 Å². The molecule has 0 bridgehead atoms. The lowest BCUT2D eigenvalue weighted by Crippen LogP contribution is -2.26. The van der Waals surface area contributed by atoms with Crippen LogP contribution in [0, 0.1) is 0 Å². The van der Waals surface area contributed by atoms with Gasteiger partial charge in [0, 0.05) is 0 Å². The monoisotopic (exact) mass is 332 g/mol. The summed E-state index contributed by atoms with van der Waals surface area (Å²) in [7, 11) is -4.93.